The van der Waals surface area contributed by atoms with E-state index in [1.165, 1.54) is 12.1 Å². The maximum atomic E-state index is 13.8. The van der Waals surface area contributed by atoms with Crippen LogP contribution in [0, 0.1) is 11.6 Å². The van der Waals surface area contributed by atoms with Gasteiger partial charge in [-0.1, -0.05) is 12.8 Å². The van der Waals surface area contributed by atoms with E-state index >= 15 is 0 Å². The van der Waals surface area contributed by atoms with Crippen LogP contribution in [-0.2, 0) is 4.74 Å². The van der Waals surface area contributed by atoms with Gasteiger partial charge in [-0.3, -0.25) is 0 Å². The Labute approximate surface area is 105 Å². The first-order valence-corrected chi connectivity index (χ1v) is 6.52. The Kier molecular flexibility index (Phi) is 3.08. The number of nitrogens with one attached hydrogen (secondary N) is 1. The molecule has 2 aliphatic rings. The average Bonchev–Trinajstić information content (AvgIpc) is 2.80. The van der Waals surface area contributed by atoms with Crippen LogP contribution >= 0.6 is 0 Å². The highest BCUT2D eigenvalue weighted by Crippen LogP contribution is 2.39. The molecule has 0 bridgehead atoms. The van der Waals surface area contributed by atoms with Crippen molar-refractivity contribution in [1.29, 1.82) is 0 Å². The van der Waals surface area contributed by atoms with Crippen LogP contribution in [0.5, 0.6) is 0 Å². The molecule has 1 atom stereocenters. The van der Waals surface area contributed by atoms with Gasteiger partial charge in [0.1, 0.15) is 11.6 Å². The third-order valence-corrected chi connectivity index (χ3v) is 3.99. The summed E-state index contributed by atoms with van der Waals surface area (Å²) < 4.78 is 33.1. The van der Waals surface area contributed by atoms with Gasteiger partial charge in [0.25, 0.3) is 0 Å². The van der Waals surface area contributed by atoms with Crippen LogP contribution in [0.2, 0.25) is 0 Å². The van der Waals surface area contributed by atoms with Crippen LogP contribution in [0.1, 0.15) is 37.4 Å². The largest absolute Gasteiger partial charge is 0.364 e. The van der Waals surface area contributed by atoms with Gasteiger partial charge >= 0.3 is 0 Å². The lowest BCUT2D eigenvalue weighted by molar-refractivity contribution is -0.115. The lowest BCUT2D eigenvalue weighted by atomic mass is 9.97. The Balaban J connectivity index is 1.85. The van der Waals surface area contributed by atoms with Gasteiger partial charge in [-0.2, -0.15) is 0 Å². The lowest BCUT2D eigenvalue weighted by Gasteiger charge is -2.39. The first kappa shape index (κ1) is 12.1. The summed E-state index contributed by atoms with van der Waals surface area (Å²) in [5.74, 6) is -0.806. The monoisotopic (exact) mass is 253 g/mol. The zero-order chi connectivity index (χ0) is 12.6. The second-order valence-corrected chi connectivity index (χ2v) is 5.29. The maximum Gasteiger partial charge on any atom is 0.129 e. The van der Waals surface area contributed by atoms with Crippen molar-refractivity contribution in [2.45, 2.75) is 37.4 Å². The van der Waals surface area contributed by atoms with Crippen molar-refractivity contribution in [2.24, 2.45) is 0 Å². The smallest absolute Gasteiger partial charge is 0.129 e. The molecule has 1 aliphatic carbocycles. The third-order valence-electron chi connectivity index (χ3n) is 3.99. The summed E-state index contributed by atoms with van der Waals surface area (Å²) >= 11 is 0. The number of morpholine rings is 1. The Morgan fingerprint density at radius 3 is 2.78 bits per heavy atom. The first-order chi connectivity index (χ1) is 8.69. The molecule has 4 heteroatoms. The zero-order valence-corrected chi connectivity index (χ0v) is 10.2. The predicted molar refractivity (Wildman–Crippen MR) is 64.3 cm³/mol. The molecular weight excluding hydrogens is 236 g/mol. The molecule has 2 fully saturated rings. The zero-order valence-electron chi connectivity index (χ0n) is 10.2. The van der Waals surface area contributed by atoms with Crippen molar-refractivity contribution in [2.75, 3.05) is 13.1 Å². The molecule has 2 nitrogen and oxygen atoms in total. The lowest BCUT2D eigenvalue weighted by Crippen LogP contribution is -2.49. The third kappa shape index (κ3) is 2.15. The Morgan fingerprint density at radius 1 is 1.22 bits per heavy atom. The van der Waals surface area contributed by atoms with Gasteiger partial charge in [0.15, 0.2) is 0 Å². The van der Waals surface area contributed by atoms with Gasteiger partial charge in [-0.15, -0.1) is 0 Å². The van der Waals surface area contributed by atoms with E-state index < -0.39 is 11.6 Å². The fraction of sp³-hybridized carbons (Fsp3) is 0.571. The molecule has 0 radical (unpaired) electrons. The normalized spacial score (nSPS) is 26.7. The fourth-order valence-electron chi connectivity index (χ4n) is 3.06. The van der Waals surface area contributed by atoms with Gasteiger partial charge in [-0.05, 0) is 31.0 Å². The van der Waals surface area contributed by atoms with Crippen LogP contribution in [0.3, 0.4) is 0 Å². The number of rotatable bonds is 1. The first-order valence-electron chi connectivity index (χ1n) is 6.52. The number of halogens is 2. The molecule has 1 unspecified atom stereocenters. The Bertz CT molecular complexity index is 443. The number of benzene rings is 1. The average molecular weight is 253 g/mol. The molecule has 1 N–H and O–H groups in total. The Morgan fingerprint density at radius 2 is 2.00 bits per heavy atom. The van der Waals surface area contributed by atoms with E-state index in [0.29, 0.717) is 12.1 Å². The molecule has 98 valence electrons. The molecule has 0 aromatic heterocycles. The summed E-state index contributed by atoms with van der Waals surface area (Å²) in [4.78, 5) is 0. The molecular formula is C14H17F2NO. The van der Waals surface area contributed by atoms with E-state index in [1.54, 1.807) is 0 Å². The number of hydrogen-bond donors (Lipinski definition) is 1. The standard InChI is InChI=1S/C14H17F2NO/c15-10-3-4-12(16)11(7-10)13-8-17-9-14(18-13)5-1-2-6-14/h3-4,7,13,17H,1-2,5-6,8-9H2. The molecule has 1 saturated carbocycles. The molecule has 1 saturated heterocycles. The van der Waals surface area contributed by atoms with E-state index in [9.17, 15) is 8.78 Å². The van der Waals surface area contributed by atoms with Gasteiger partial charge in [-0.25, -0.2) is 8.78 Å². The van der Waals surface area contributed by atoms with E-state index in [4.69, 9.17) is 4.74 Å². The quantitative estimate of drug-likeness (QED) is 0.831. The molecule has 1 spiro atoms. The molecule has 18 heavy (non-hydrogen) atoms. The van der Waals surface area contributed by atoms with Crippen LogP contribution in [-0.4, -0.2) is 18.7 Å². The van der Waals surface area contributed by atoms with Crippen molar-refractivity contribution in [1.82, 2.24) is 5.32 Å². The summed E-state index contributed by atoms with van der Waals surface area (Å²) in [5, 5.41) is 3.30. The summed E-state index contributed by atoms with van der Waals surface area (Å²) in [6.45, 7) is 1.36. The SMILES string of the molecule is Fc1ccc(F)c(C2CNCC3(CCCC3)O2)c1. The molecule has 1 aromatic rings. The van der Waals surface area contributed by atoms with Crippen molar-refractivity contribution in [3.05, 3.63) is 35.4 Å². The highest BCUT2D eigenvalue weighted by Gasteiger charge is 2.40. The fourth-order valence-corrected chi connectivity index (χ4v) is 3.06. The Hall–Kier alpha value is -1.00. The van der Waals surface area contributed by atoms with Gasteiger partial charge in [0.2, 0.25) is 0 Å². The van der Waals surface area contributed by atoms with Crippen molar-refractivity contribution < 1.29 is 13.5 Å². The van der Waals surface area contributed by atoms with Crippen LogP contribution in [0.4, 0.5) is 8.78 Å². The van der Waals surface area contributed by atoms with E-state index in [0.717, 1.165) is 38.3 Å². The van der Waals surface area contributed by atoms with Crippen molar-refractivity contribution in [3.8, 4) is 0 Å². The predicted octanol–water partition coefficient (Wildman–Crippen LogP) is 2.94. The second-order valence-electron chi connectivity index (χ2n) is 5.29. The summed E-state index contributed by atoms with van der Waals surface area (Å²) in [6, 6.07) is 3.56. The van der Waals surface area contributed by atoms with Crippen LogP contribution in [0.15, 0.2) is 18.2 Å². The number of ether oxygens (including phenoxy) is 1. The highest BCUT2D eigenvalue weighted by atomic mass is 19.1. The molecule has 1 heterocycles. The minimum absolute atomic E-state index is 0.165. The van der Waals surface area contributed by atoms with Gasteiger partial charge in [0, 0.05) is 18.7 Å². The summed E-state index contributed by atoms with van der Waals surface area (Å²) in [7, 11) is 0. The second kappa shape index (κ2) is 4.59. The molecule has 1 aromatic carbocycles. The summed E-state index contributed by atoms with van der Waals surface area (Å²) in [6.07, 6.45) is 3.94. The molecule has 3 rings (SSSR count). The minimum atomic E-state index is -0.416. The molecule has 1 aliphatic heterocycles. The minimum Gasteiger partial charge on any atom is -0.364 e. The van der Waals surface area contributed by atoms with Crippen molar-refractivity contribution in [3.63, 3.8) is 0 Å². The van der Waals surface area contributed by atoms with Crippen LogP contribution in [0.25, 0.3) is 0 Å². The molecule has 0 amide bonds. The van der Waals surface area contributed by atoms with Crippen molar-refractivity contribution >= 4 is 0 Å². The van der Waals surface area contributed by atoms with Crippen LogP contribution < -0.4 is 5.32 Å². The topological polar surface area (TPSA) is 21.3 Å². The van der Waals surface area contributed by atoms with E-state index in [1.807, 2.05) is 0 Å². The van der Waals surface area contributed by atoms with E-state index in [2.05, 4.69) is 5.32 Å². The highest BCUT2D eigenvalue weighted by molar-refractivity contribution is 5.22. The number of hydrogen-bond acceptors (Lipinski definition) is 2. The maximum absolute atomic E-state index is 13.8. The van der Waals surface area contributed by atoms with Gasteiger partial charge in [0.05, 0.1) is 11.7 Å². The summed E-state index contributed by atoms with van der Waals surface area (Å²) in [5.41, 5.74) is 0.162. The van der Waals surface area contributed by atoms with Gasteiger partial charge < -0.3 is 10.1 Å². The van der Waals surface area contributed by atoms with E-state index in [-0.39, 0.29) is 11.7 Å².